The van der Waals surface area contributed by atoms with E-state index >= 15 is 0 Å². The Morgan fingerprint density at radius 2 is 1.92 bits per heavy atom. The molecule has 0 saturated carbocycles. The van der Waals surface area contributed by atoms with Gasteiger partial charge in [-0.3, -0.25) is 19.2 Å². The van der Waals surface area contributed by atoms with E-state index in [0.717, 1.165) is 25.7 Å². The van der Waals surface area contributed by atoms with E-state index in [4.69, 9.17) is 25.8 Å². The number of hydrogen-bond acceptors (Lipinski definition) is 10. The number of fused-ring (bicyclic) bond motifs is 1. The van der Waals surface area contributed by atoms with Crippen molar-refractivity contribution in [1.82, 2.24) is 24.6 Å². The lowest BCUT2D eigenvalue weighted by atomic mass is 9.89. The number of rotatable bonds is 13. The standard InChI is InChI=1S/C34H39ClFN7O5/c1-34(2,3)10-9-22(44)19-43-20-26(36)33(41-43)48-23-7-8-27(25(35)16-23)40-32-24-17-29(30(46-4)18-28(24)37-21-38-32)39-31(45)6-5-11-42-12-14-47-15-13-42/h5-8,16-18,20-21H,9-15,19H2,1-4H3,(H,39,45)(H,37,38,40)/b6-5+. The monoisotopic (exact) mass is 679 g/mol. The molecule has 1 amide bonds. The summed E-state index contributed by atoms with van der Waals surface area (Å²) < 4.78 is 32.4. The van der Waals surface area contributed by atoms with Crippen LogP contribution in [0.15, 0.2) is 55.0 Å². The van der Waals surface area contributed by atoms with E-state index in [1.54, 1.807) is 24.3 Å². The number of halogens is 2. The maximum Gasteiger partial charge on any atom is 0.274 e. The van der Waals surface area contributed by atoms with Gasteiger partial charge in [0.15, 0.2) is 5.78 Å². The van der Waals surface area contributed by atoms with Crippen molar-refractivity contribution < 1.29 is 28.2 Å². The number of nitrogens with zero attached hydrogens (tertiary/aromatic N) is 5. The molecule has 0 aliphatic carbocycles. The number of ketones is 1. The zero-order valence-corrected chi connectivity index (χ0v) is 28.1. The fraction of sp³-hybridized carbons (Fsp3) is 0.382. The van der Waals surface area contributed by atoms with Gasteiger partial charge in [-0.15, -0.1) is 5.10 Å². The van der Waals surface area contributed by atoms with Gasteiger partial charge in [-0.1, -0.05) is 38.4 Å². The number of morpholine rings is 1. The van der Waals surface area contributed by atoms with Crippen molar-refractivity contribution >= 4 is 51.4 Å². The van der Waals surface area contributed by atoms with Gasteiger partial charge in [-0.25, -0.2) is 9.97 Å². The number of carbonyl (C=O) groups is 2. The van der Waals surface area contributed by atoms with Crippen LogP contribution in [0.4, 0.5) is 21.6 Å². The maximum atomic E-state index is 14.6. The molecule has 3 heterocycles. The van der Waals surface area contributed by atoms with Gasteiger partial charge in [-0.05, 0) is 30.0 Å². The van der Waals surface area contributed by atoms with Crippen LogP contribution in [-0.2, 0) is 20.9 Å². The minimum absolute atomic E-state index is 0.0231. The second-order valence-corrected chi connectivity index (χ2v) is 13.0. The summed E-state index contributed by atoms with van der Waals surface area (Å²) in [5.41, 5.74) is 1.53. The Kier molecular flexibility index (Phi) is 11.2. The van der Waals surface area contributed by atoms with E-state index < -0.39 is 5.82 Å². The lowest BCUT2D eigenvalue weighted by Crippen LogP contribution is -2.36. The SMILES string of the molecule is COc1cc2ncnc(Nc3ccc(Oc4nn(CC(=O)CCC(C)(C)C)cc4F)cc3Cl)c2cc1NC(=O)/C=C/CN1CCOCC1. The molecule has 0 radical (unpaired) electrons. The van der Waals surface area contributed by atoms with E-state index in [9.17, 15) is 14.0 Å². The van der Waals surface area contributed by atoms with Crippen molar-refractivity contribution in [2.24, 2.45) is 5.41 Å². The minimum Gasteiger partial charge on any atom is -0.494 e. The first-order valence-corrected chi connectivity index (χ1v) is 15.9. The summed E-state index contributed by atoms with van der Waals surface area (Å²) >= 11 is 6.59. The Balaban J connectivity index is 1.27. The molecule has 2 N–H and O–H groups in total. The Morgan fingerprint density at radius 1 is 1.12 bits per heavy atom. The van der Waals surface area contributed by atoms with Crippen LogP contribution in [0.25, 0.3) is 10.9 Å². The molecule has 254 valence electrons. The van der Waals surface area contributed by atoms with Crippen LogP contribution in [-0.4, -0.2) is 76.3 Å². The minimum atomic E-state index is -0.699. The molecule has 14 heteroatoms. The number of carbonyl (C=O) groups excluding carboxylic acids is 2. The third kappa shape index (κ3) is 9.49. The summed E-state index contributed by atoms with van der Waals surface area (Å²) in [6.45, 7) is 9.80. The average molecular weight is 680 g/mol. The summed E-state index contributed by atoms with van der Waals surface area (Å²) in [6, 6.07) is 8.20. The van der Waals surface area contributed by atoms with Gasteiger partial charge in [0, 0.05) is 49.7 Å². The Bertz CT molecular complexity index is 1800. The Morgan fingerprint density at radius 3 is 2.65 bits per heavy atom. The third-order valence-corrected chi connectivity index (χ3v) is 7.85. The Hall–Kier alpha value is -4.59. The molecule has 0 bridgehead atoms. The van der Waals surface area contributed by atoms with Gasteiger partial charge >= 0.3 is 0 Å². The molecule has 1 aliphatic heterocycles. The number of amides is 1. The van der Waals surface area contributed by atoms with Gasteiger partial charge in [0.05, 0.1) is 55.0 Å². The van der Waals surface area contributed by atoms with Crippen molar-refractivity contribution in [1.29, 1.82) is 0 Å². The van der Waals surface area contributed by atoms with Gasteiger partial charge in [0.25, 0.3) is 5.88 Å². The number of anilines is 3. The predicted molar refractivity (Wildman–Crippen MR) is 182 cm³/mol. The fourth-order valence-electron chi connectivity index (χ4n) is 4.92. The van der Waals surface area contributed by atoms with Crippen LogP contribution in [0.5, 0.6) is 17.4 Å². The van der Waals surface area contributed by atoms with E-state index in [1.165, 1.54) is 30.3 Å². The predicted octanol–water partition coefficient (Wildman–Crippen LogP) is 6.39. The zero-order chi connectivity index (χ0) is 34.3. The highest BCUT2D eigenvalue weighted by atomic mass is 35.5. The average Bonchev–Trinajstić information content (AvgIpc) is 3.38. The smallest absolute Gasteiger partial charge is 0.274 e. The highest BCUT2D eigenvalue weighted by Crippen LogP contribution is 2.36. The molecule has 1 saturated heterocycles. The van der Waals surface area contributed by atoms with Crippen LogP contribution >= 0.6 is 11.6 Å². The van der Waals surface area contributed by atoms with Gasteiger partial charge < -0.3 is 24.8 Å². The summed E-state index contributed by atoms with van der Waals surface area (Å²) in [5.74, 6) is -0.203. The van der Waals surface area contributed by atoms with E-state index in [1.807, 2.05) is 6.08 Å². The topological polar surface area (TPSA) is 133 Å². The second-order valence-electron chi connectivity index (χ2n) is 12.5. The fourth-order valence-corrected chi connectivity index (χ4v) is 5.14. The molecule has 2 aromatic heterocycles. The highest BCUT2D eigenvalue weighted by molar-refractivity contribution is 6.33. The third-order valence-electron chi connectivity index (χ3n) is 7.54. The van der Waals surface area contributed by atoms with Crippen LogP contribution in [0.3, 0.4) is 0 Å². The molecule has 4 aromatic rings. The maximum absolute atomic E-state index is 14.6. The quantitative estimate of drug-likeness (QED) is 0.153. The van der Waals surface area contributed by atoms with E-state index in [-0.39, 0.29) is 40.3 Å². The first-order valence-electron chi connectivity index (χ1n) is 15.6. The normalized spacial score (nSPS) is 14.0. The van der Waals surface area contributed by atoms with Gasteiger partial charge in [0.1, 0.15) is 23.6 Å². The molecular weight excluding hydrogens is 641 g/mol. The number of methoxy groups -OCH3 is 1. The largest absolute Gasteiger partial charge is 0.494 e. The van der Waals surface area contributed by atoms with Crippen LogP contribution in [0, 0.1) is 11.2 Å². The van der Waals surface area contributed by atoms with E-state index in [0.29, 0.717) is 60.0 Å². The van der Waals surface area contributed by atoms with Crippen molar-refractivity contribution in [2.45, 2.75) is 40.2 Å². The lowest BCUT2D eigenvalue weighted by Gasteiger charge is -2.25. The van der Waals surface area contributed by atoms with Crippen LogP contribution in [0.2, 0.25) is 5.02 Å². The van der Waals surface area contributed by atoms with Gasteiger partial charge in [0.2, 0.25) is 11.7 Å². The Labute approximate surface area is 283 Å². The summed E-state index contributed by atoms with van der Waals surface area (Å²) in [4.78, 5) is 36.0. The highest BCUT2D eigenvalue weighted by Gasteiger charge is 2.18. The molecule has 12 nitrogen and oxygen atoms in total. The number of nitrogens with one attached hydrogen (secondary N) is 2. The molecule has 5 rings (SSSR count). The molecule has 0 unspecified atom stereocenters. The van der Waals surface area contributed by atoms with Gasteiger partial charge in [-0.2, -0.15) is 4.39 Å². The van der Waals surface area contributed by atoms with Crippen molar-refractivity contribution in [3.05, 3.63) is 65.8 Å². The number of hydrogen-bond donors (Lipinski definition) is 2. The number of Topliss-reactive ketones (excluding diaryl/α,β-unsaturated/α-hetero) is 1. The first kappa shape index (κ1) is 34.7. The lowest BCUT2D eigenvalue weighted by molar-refractivity contribution is -0.120. The van der Waals surface area contributed by atoms with Crippen LogP contribution < -0.4 is 20.1 Å². The number of benzene rings is 2. The summed E-state index contributed by atoms with van der Waals surface area (Å²) in [7, 11) is 1.51. The summed E-state index contributed by atoms with van der Waals surface area (Å²) in [6.07, 6.45) is 6.94. The van der Waals surface area contributed by atoms with Crippen molar-refractivity contribution in [3.8, 4) is 17.4 Å². The molecule has 48 heavy (non-hydrogen) atoms. The second kappa shape index (κ2) is 15.5. The molecule has 1 aliphatic rings. The number of aromatic nitrogens is 4. The molecule has 2 aromatic carbocycles. The first-order chi connectivity index (χ1) is 23.0. The zero-order valence-electron chi connectivity index (χ0n) is 27.4. The summed E-state index contributed by atoms with van der Waals surface area (Å²) in [5, 5.41) is 11.0. The number of ether oxygens (including phenoxy) is 3. The van der Waals surface area contributed by atoms with Crippen LogP contribution in [0.1, 0.15) is 33.6 Å². The van der Waals surface area contributed by atoms with Crippen molar-refractivity contribution in [2.75, 3.05) is 50.6 Å². The molecule has 1 fully saturated rings. The van der Waals surface area contributed by atoms with Crippen molar-refractivity contribution in [3.63, 3.8) is 0 Å². The molecule has 0 atom stereocenters. The molecular formula is C34H39ClFN7O5. The molecule has 0 spiro atoms. The van der Waals surface area contributed by atoms with E-state index in [2.05, 4.69) is 51.4 Å².